The number of aromatic nitrogens is 1. The Morgan fingerprint density at radius 3 is 2.44 bits per heavy atom. The first kappa shape index (κ1) is 18.5. The number of methoxy groups -OCH3 is 1. The third-order valence-corrected chi connectivity index (χ3v) is 4.31. The molecule has 3 rings (SSSR count). The number of nitrogens with two attached hydrogens (primary N) is 1. The predicted octanol–water partition coefficient (Wildman–Crippen LogP) is 2.14. The topological polar surface area (TPSA) is 94.3 Å². The van der Waals surface area contributed by atoms with Gasteiger partial charge >= 0.3 is 0 Å². The van der Waals surface area contributed by atoms with Crippen molar-refractivity contribution < 1.29 is 14.3 Å². The summed E-state index contributed by atoms with van der Waals surface area (Å²) < 4.78 is 5.31. The minimum Gasteiger partial charge on any atom is -0.368 e. The summed E-state index contributed by atoms with van der Waals surface area (Å²) in [5.74, 6) is -1.05. The van der Waals surface area contributed by atoms with Crippen LogP contribution in [0.4, 0.5) is 0 Å². The van der Waals surface area contributed by atoms with E-state index in [0.29, 0.717) is 11.3 Å². The standard InChI is InChI=1S/C21H21N3O3/c1-27-19(15-8-3-2-4-9-15)21(26)24-18(20(22)25)13-16-12-11-14-7-5-6-10-17(14)23-16/h2-12,18-19H,13H2,1H3,(H2,22,25)(H,24,26)/t18-,19-/m1/s1. The van der Waals surface area contributed by atoms with Crippen molar-refractivity contribution in [1.29, 1.82) is 0 Å². The van der Waals surface area contributed by atoms with Crippen LogP contribution in [0.5, 0.6) is 0 Å². The minimum absolute atomic E-state index is 0.205. The lowest BCUT2D eigenvalue weighted by Gasteiger charge is -2.20. The number of para-hydroxylation sites is 1. The van der Waals surface area contributed by atoms with E-state index >= 15 is 0 Å². The van der Waals surface area contributed by atoms with E-state index in [9.17, 15) is 9.59 Å². The van der Waals surface area contributed by atoms with Gasteiger partial charge in [0.1, 0.15) is 6.04 Å². The number of amides is 2. The molecule has 0 saturated heterocycles. The molecule has 27 heavy (non-hydrogen) atoms. The van der Waals surface area contributed by atoms with E-state index in [4.69, 9.17) is 10.5 Å². The molecule has 1 aromatic heterocycles. The molecule has 0 saturated carbocycles. The lowest BCUT2D eigenvalue weighted by atomic mass is 10.1. The third kappa shape index (κ3) is 4.48. The molecule has 0 radical (unpaired) electrons. The first-order valence-electron chi connectivity index (χ1n) is 8.60. The zero-order valence-corrected chi connectivity index (χ0v) is 15.0. The van der Waals surface area contributed by atoms with Gasteiger partial charge in [0.25, 0.3) is 5.91 Å². The first-order chi connectivity index (χ1) is 13.1. The largest absolute Gasteiger partial charge is 0.368 e. The summed E-state index contributed by atoms with van der Waals surface area (Å²) in [6.07, 6.45) is -0.616. The van der Waals surface area contributed by atoms with Gasteiger partial charge in [-0.05, 0) is 17.7 Å². The number of pyridine rings is 1. The van der Waals surface area contributed by atoms with Crippen molar-refractivity contribution in [3.05, 3.63) is 78.0 Å². The summed E-state index contributed by atoms with van der Waals surface area (Å²) in [6, 6.07) is 19.6. The molecule has 0 aliphatic rings. The van der Waals surface area contributed by atoms with Gasteiger partial charge in [-0.15, -0.1) is 0 Å². The van der Waals surface area contributed by atoms with Crippen LogP contribution in [-0.2, 0) is 20.7 Å². The molecule has 2 atom stereocenters. The molecule has 3 N–H and O–H groups in total. The maximum atomic E-state index is 12.6. The third-order valence-electron chi connectivity index (χ3n) is 4.31. The molecular formula is C21H21N3O3. The van der Waals surface area contributed by atoms with Crippen molar-refractivity contribution in [2.24, 2.45) is 5.73 Å². The Hall–Kier alpha value is -3.25. The number of benzene rings is 2. The number of primary amides is 1. The Morgan fingerprint density at radius 1 is 1.04 bits per heavy atom. The molecule has 6 nitrogen and oxygen atoms in total. The second-order valence-corrected chi connectivity index (χ2v) is 6.19. The highest BCUT2D eigenvalue weighted by Gasteiger charge is 2.25. The molecule has 2 aromatic carbocycles. The van der Waals surface area contributed by atoms with Crippen molar-refractivity contribution in [3.63, 3.8) is 0 Å². The molecule has 0 spiro atoms. The Bertz CT molecular complexity index is 944. The van der Waals surface area contributed by atoms with E-state index in [1.54, 1.807) is 12.1 Å². The number of nitrogens with zero attached hydrogens (tertiary/aromatic N) is 1. The lowest BCUT2D eigenvalue weighted by molar-refractivity contribution is -0.134. The van der Waals surface area contributed by atoms with E-state index in [2.05, 4.69) is 10.3 Å². The van der Waals surface area contributed by atoms with Crippen LogP contribution in [0.3, 0.4) is 0 Å². The van der Waals surface area contributed by atoms with Crippen LogP contribution in [0.2, 0.25) is 0 Å². The summed E-state index contributed by atoms with van der Waals surface area (Å²) in [5, 5.41) is 3.69. The van der Waals surface area contributed by atoms with Crippen LogP contribution in [-0.4, -0.2) is 29.9 Å². The second-order valence-electron chi connectivity index (χ2n) is 6.19. The number of rotatable bonds is 7. The lowest BCUT2D eigenvalue weighted by Crippen LogP contribution is -2.47. The molecule has 0 aliphatic heterocycles. The zero-order chi connectivity index (χ0) is 19.2. The molecule has 0 bridgehead atoms. The van der Waals surface area contributed by atoms with Gasteiger partial charge in [0, 0.05) is 24.6 Å². The summed E-state index contributed by atoms with van der Waals surface area (Å²) in [7, 11) is 1.45. The van der Waals surface area contributed by atoms with Gasteiger partial charge in [-0.2, -0.15) is 0 Å². The fourth-order valence-electron chi connectivity index (χ4n) is 2.92. The van der Waals surface area contributed by atoms with Crippen LogP contribution >= 0.6 is 0 Å². The Kier molecular flexibility index (Phi) is 5.78. The van der Waals surface area contributed by atoms with Crippen molar-refractivity contribution in [2.75, 3.05) is 7.11 Å². The summed E-state index contributed by atoms with van der Waals surface area (Å²) >= 11 is 0. The molecule has 0 unspecified atom stereocenters. The number of ether oxygens (including phenoxy) is 1. The Morgan fingerprint density at radius 2 is 1.74 bits per heavy atom. The minimum atomic E-state index is -0.882. The fraction of sp³-hybridized carbons (Fsp3) is 0.190. The molecule has 6 heteroatoms. The highest BCUT2D eigenvalue weighted by Crippen LogP contribution is 2.17. The number of carbonyl (C=O) groups excluding carboxylic acids is 2. The molecule has 1 heterocycles. The predicted molar refractivity (Wildman–Crippen MR) is 103 cm³/mol. The van der Waals surface area contributed by atoms with E-state index in [1.165, 1.54) is 7.11 Å². The maximum Gasteiger partial charge on any atom is 0.254 e. The smallest absolute Gasteiger partial charge is 0.254 e. The quantitative estimate of drug-likeness (QED) is 0.672. The normalized spacial score (nSPS) is 13.1. The van der Waals surface area contributed by atoms with E-state index in [-0.39, 0.29) is 6.42 Å². The van der Waals surface area contributed by atoms with Crippen molar-refractivity contribution in [2.45, 2.75) is 18.6 Å². The van der Waals surface area contributed by atoms with Crippen LogP contribution in [0.15, 0.2) is 66.7 Å². The average molecular weight is 363 g/mol. The van der Waals surface area contributed by atoms with Gasteiger partial charge in [0.2, 0.25) is 5.91 Å². The molecule has 2 amide bonds. The monoisotopic (exact) mass is 363 g/mol. The van der Waals surface area contributed by atoms with Crippen LogP contribution < -0.4 is 11.1 Å². The van der Waals surface area contributed by atoms with E-state index in [0.717, 1.165) is 10.9 Å². The zero-order valence-electron chi connectivity index (χ0n) is 15.0. The van der Waals surface area contributed by atoms with Crippen molar-refractivity contribution in [3.8, 4) is 0 Å². The molecule has 3 aromatic rings. The number of fused-ring (bicyclic) bond motifs is 1. The number of carbonyl (C=O) groups is 2. The van der Waals surface area contributed by atoms with Gasteiger partial charge in [-0.1, -0.05) is 54.6 Å². The number of hydrogen-bond donors (Lipinski definition) is 2. The fourth-order valence-corrected chi connectivity index (χ4v) is 2.92. The SMILES string of the molecule is CO[C@@H](C(=O)N[C@H](Cc1ccc2ccccc2n1)C(N)=O)c1ccccc1. The van der Waals surface area contributed by atoms with E-state index in [1.807, 2.05) is 54.6 Å². The van der Waals surface area contributed by atoms with Gasteiger partial charge in [-0.25, -0.2) is 0 Å². The molecule has 0 fully saturated rings. The van der Waals surface area contributed by atoms with Gasteiger partial charge in [-0.3, -0.25) is 14.6 Å². The van der Waals surface area contributed by atoms with Crippen LogP contribution in [0.1, 0.15) is 17.4 Å². The molecule has 138 valence electrons. The van der Waals surface area contributed by atoms with Gasteiger partial charge in [0.05, 0.1) is 5.52 Å². The second kappa shape index (κ2) is 8.42. The highest BCUT2D eigenvalue weighted by atomic mass is 16.5. The molecule has 0 aliphatic carbocycles. The van der Waals surface area contributed by atoms with Crippen LogP contribution in [0.25, 0.3) is 10.9 Å². The van der Waals surface area contributed by atoms with Crippen molar-refractivity contribution >= 4 is 22.7 Å². The Balaban J connectivity index is 1.76. The van der Waals surface area contributed by atoms with Crippen LogP contribution in [0, 0.1) is 0 Å². The highest BCUT2D eigenvalue weighted by molar-refractivity contribution is 5.89. The Labute approximate surface area is 157 Å². The number of nitrogens with one attached hydrogen (secondary N) is 1. The summed E-state index contributed by atoms with van der Waals surface area (Å²) in [5.41, 5.74) is 7.70. The summed E-state index contributed by atoms with van der Waals surface area (Å²) in [4.78, 5) is 29.1. The first-order valence-corrected chi connectivity index (χ1v) is 8.60. The maximum absolute atomic E-state index is 12.6. The van der Waals surface area contributed by atoms with Gasteiger partial charge < -0.3 is 15.8 Å². The summed E-state index contributed by atoms with van der Waals surface area (Å²) in [6.45, 7) is 0. The number of hydrogen-bond acceptors (Lipinski definition) is 4. The van der Waals surface area contributed by atoms with Crippen molar-refractivity contribution in [1.82, 2.24) is 10.3 Å². The molecular weight excluding hydrogens is 342 g/mol. The average Bonchev–Trinajstić information content (AvgIpc) is 2.68. The van der Waals surface area contributed by atoms with Gasteiger partial charge in [0.15, 0.2) is 6.10 Å². The van der Waals surface area contributed by atoms with E-state index < -0.39 is 24.0 Å².